The molecule has 1 atom stereocenters. The van der Waals surface area contributed by atoms with E-state index < -0.39 is 21.5 Å². The van der Waals surface area contributed by atoms with Crippen LogP contribution in [-0.4, -0.2) is 31.0 Å². The zero-order valence-corrected chi connectivity index (χ0v) is 14.2. The third kappa shape index (κ3) is 3.27. The molecular formula is C15H19N3O4S. The first kappa shape index (κ1) is 17.2. The Morgan fingerprint density at radius 3 is 2.39 bits per heavy atom. The van der Waals surface area contributed by atoms with Crippen molar-refractivity contribution >= 4 is 16.0 Å². The Labute approximate surface area is 135 Å². The molecule has 0 aliphatic carbocycles. The second-order valence-electron chi connectivity index (χ2n) is 5.33. The maximum atomic E-state index is 12.6. The average Bonchev–Trinajstić information content (AvgIpc) is 2.87. The number of nitrogens with zero attached hydrogens (tertiary/aromatic N) is 2. The van der Waals surface area contributed by atoms with Crippen molar-refractivity contribution in [2.45, 2.75) is 24.4 Å². The summed E-state index contributed by atoms with van der Waals surface area (Å²) in [6.07, 6.45) is 1.39. The van der Waals surface area contributed by atoms with Crippen LogP contribution >= 0.6 is 0 Å². The van der Waals surface area contributed by atoms with Gasteiger partial charge >= 0.3 is 5.97 Å². The molecule has 23 heavy (non-hydrogen) atoms. The van der Waals surface area contributed by atoms with Crippen LogP contribution in [0.5, 0.6) is 0 Å². The summed E-state index contributed by atoms with van der Waals surface area (Å²) in [5.74, 6) is -0.162. The van der Waals surface area contributed by atoms with Crippen molar-refractivity contribution in [2.24, 2.45) is 7.05 Å². The summed E-state index contributed by atoms with van der Waals surface area (Å²) in [4.78, 5) is 16.2. The summed E-state index contributed by atoms with van der Waals surface area (Å²) < 4.78 is 34.0. The highest BCUT2D eigenvalue weighted by Crippen LogP contribution is 2.25. The Hall–Kier alpha value is -2.19. The topological polar surface area (TPSA) is 90.3 Å². The van der Waals surface area contributed by atoms with Crippen molar-refractivity contribution in [2.75, 3.05) is 7.11 Å². The molecule has 1 aromatic carbocycles. The Morgan fingerprint density at radius 1 is 1.30 bits per heavy atom. The van der Waals surface area contributed by atoms with Crippen LogP contribution in [0.25, 0.3) is 0 Å². The summed E-state index contributed by atoms with van der Waals surface area (Å²) in [5.41, 5.74) is -1.08. The van der Waals surface area contributed by atoms with E-state index in [1.807, 2.05) is 0 Å². The summed E-state index contributed by atoms with van der Waals surface area (Å²) >= 11 is 0. The minimum Gasteiger partial charge on any atom is -0.467 e. The third-order valence-corrected chi connectivity index (χ3v) is 5.07. The number of aromatic nitrogens is 2. The molecule has 7 nitrogen and oxygen atoms in total. The Kier molecular flexibility index (Phi) is 4.58. The van der Waals surface area contributed by atoms with Crippen LogP contribution in [0.2, 0.25) is 0 Å². The van der Waals surface area contributed by atoms with Crippen LogP contribution in [0.15, 0.2) is 41.6 Å². The number of hydrogen-bond acceptors (Lipinski definition) is 5. The second-order valence-corrected chi connectivity index (χ2v) is 6.95. The molecule has 0 aliphatic rings. The van der Waals surface area contributed by atoms with E-state index in [9.17, 15) is 13.2 Å². The highest BCUT2D eigenvalue weighted by molar-refractivity contribution is 7.89. The van der Waals surface area contributed by atoms with Crippen LogP contribution in [0.1, 0.15) is 18.3 Å². The second kappa shape index (κ2) is 6.13. The van der Waals surface area contributed by atoms with Crippen molar-refractivity contribution in [3.05, 3.63) is 47.9 Å². The fraction of sp³-hybridized carbons (Fsp3) is 0.333. The van der Waals surface area contributed by atoms with E-state index in [1.54, 1.807) is 48.9 Å². The first-order chi connectivity index (χ1) is 10.7. The maximum absolute atomic E-state index is 12.6. The summed E-state index contributed by atoms with van der Waals surface area (Å²) in [7, 11) is -1.10. The van der Waals surface area contributed by atoms with Crippen LogP contribution in [0.4, 0.5) is 0 Å². The molecule has 8 heteroatoms. The Balaban J connectivity index is 2.48. The minimum atomic E-state index is -4.01. The monoisotopic (exact) mass is 337 g/mol. The first-order valence-electron chi connectivity index (χ1n) is 6.88. The van der Waals surface area contributed by atoms with Gasteiger partial charge in [-0.25, -0.2) is 18.2 Å². The molecule has 1 N–H and O–H groups in total. The third-order valence-electron chi connectivity index (χ3n) is 3.65. The molecule has 0 saturated heterocycles. The molecule has 124 valence electrons. The predicted octanol–water partition coefficient (Wildman–Crippen LogP) is 1.10. The Bertz CT molecular complexity index is 795. The lowest BCUT2D eigenvalue weighted by atomic mass is 9.93. The number of methoxy groups -OCH3 is 1. The van der Waals surface area contributed by atoms with Gasteiger partial charge in [-0.15, -0.1) is 0 Å². The lowest BCUT2D eigenvalue weighted by Crippen LogP contribution is -2.50. The predicted molar refractivity (Wildman–Crippen MR) is 84.1 cm³/mol. The summed E-state index contributed by atoms with van der Waals surface area (Å²) in [5, 5.41) is -0.149. The molecule has 1 aromatic heterocycles. The van der Waals surface area contributed by atoms with E-state index in [1.165, 1.54) is 20.2 Å². The lowest BCUT2D eigenvalue weighted by Gasteiger charge is -2.27. The Morgan fingerprint density at radius 2 is 1.91 bits per heavy atom. The molecule has 0 radical (unpaired) electrons. The summed E-state index contributed by atoms with van der Waals surface area (Å²) in [6, 6.07) is 8.52. The number of nitrogens with one attached hydrogen (secondary N) is 1. The molecule has 0 spiro atoms. The standard InChI is InChI=1S/C15H19N3O4S/c1-11-16-13(10-18(11)3)23(20,21)17-15(2,14(19)22-4)12-8-6-5-7-9-12/h5-10,17H,1-4H3. The van der Waals surface area contributed by atoms with Gasteiger partial charge in [-0.2, -0.15) is 4.72 Å². The van der Waals surface area contributed by atoms with Gasteiger partial charge in [0.25, 0.3) is 10.0 Å². The van der Waals surface area contributed by atoms with Crippen LogP contribution in [0, 0.1) is 6.92 Å². The summed E-state index contributed by atoms with van der Waals surface area (Å²) in [6.45, 7) is 3.15. The number of ether oxygens (including phenoxy) is 1. The van der Waals surface area contributed by atoms with Crippen molar-refractivity contribution in [1.82, 2.24) is 14.3 Å². The van der Waals surface area contributed by atoms with Gasteiger partial charge in [-0.1, -0.05) is 30.3 Å². The molecule has 1 unspecified atom stereocenters. The van der Waals surface area contributed by atoms with Crippen molar-refractivity contribution in [3.63, 3.8) is 0 Å². The van der Waals surface area contributed by atoms with Crippen LogP contribution in [-0.2, 0) is 32.1 Å². The molecule has 2 aromatic rings. The SMILES string of the molecule is COC(=O)C(C)(NS(=O)(=O)c1cn(C)c(C)n1)c1ccccc1. The van der Waals surface area contributed by atoms with Gasteiger partial charge in [-0.05, 0) is 19.4 Å². The van der Waals surface area contributed by atoms with Gasteiger partial charge in [-0.3, -0.25) is 0 Å². The van der Waals surface area contributed by atoms with E-state index >= 15 is 0 Å². The highest BCUT2D eigenvalue weighted by atomic mass is 32.2. The van der Waals surface area contributed by atoms with Gasteiger partial charge in [0.1, 0.15) is 5.82 Å². The number of benzene rings is 1. The van der Waals surface area contributed by atoms with Gasteiger partial charge in [0, 0.05) is 13.2 Å². The molecule has 0 amide bonds. The molecule has 1 heterocycles. The molecule has 2 rings (SSSR count). The van der Waals surface area contributed by atoms with Crippen LogP contribution < -0.4 is 4.72 Å². The fourth-order valence-electron chi connectivity index (χ4n) is 2.17. The maximum Gasteiger partial charge on any atom is 0.331 e. The van der Waals surface area contributed by atoms with E-state index in [2.05, 4.69) is 9.71 Å². The average molecular weight is 337 g/mol. The van der Waals surface area contributed by atoms with Crippen molar-refractivity contribution in [3.8, 4) is 0 Å². The number of sulfonamides is 1. The number of imidazole rings is 1. The lowest BCUT2D eigenvalue weighted by molar-refractivity contribution is -0.147. The van der Waals surface area contributed by atoms with E-state index in [4.69, 9.17) is 4.74 Å². The van der Waals surface area contributed by atoms with Gasteiger partial charge in [0.15, 0.2) is 10.6 Å². The molecule has 0 fully saturated rings. The fourth-order valence-corrected chi connectivity index (χ4v) is 3.56. The van der Waals surface area contributed by atoms with Gasteiger partial charge in [0.05, 0.1) is 7.11 Å². The number of carbonyl (C=O) groups is 1. The van der Waals surface area contributed by atoms with E-state index in [0.717, 1.165) is 0 Å². The first-order valence-corrected chi connectivity index (χ1v) is 8.37. The number of aryl methyl sites for hydroxylation is 2. The van der Waals surface area contributed by atoms with Crippen LogP contribution in [0.3, 0.4) is 0 Å². The van der Waals surface area contributed by atoms with Crippen molar-refractivity contribution in [1.29, 1.82) is 0 Å². The molecule has 0 aliphatic heterocycles. The largest absolute Gasteiger partial charge is 0.467 e. The molecule has 0 saturated carbocycles. The zero-order valence-electron chi connectivity index (χ0n) is 13.4. The zero-order chi connectivity index (χ0) is 17.3. The highest BCUT2D eigenvalue weighted by Gasteiger charge is 2.41. The van der Waals surface area contributed by atoms with E-state index in [0.29, 0.717) is 11.4 Å². The quantitative estimate of drug-likeness (QED) is 0.825. The van der Waals surface area contributed by atoms with Crippen molar-refractivity contribution < 1.29 is 17.9 Å². The number of hydrogen-bond donors (Lipinski definition) is 1. The number of carbonyl (C=O) groups excluding carboxylic acids is 1. The van der Waals surface area contributed by atoms with Gasteiger partial charge < -0.3 is 9.30 Å². The molecular weight excluding hydrogens is 318 g/mol. The number of rotatable bonds is 5. The van der Waals surface area contributed by atoms with Gasteiger partial charge in [0.2, 0.25) is 0 Å². The van der Waals surface area contributed by atoms with E-state index in [-0.39, 0.29) is 5.03 Å². The molecule has 0 bridgehead atoms. The normalized spacial score (nSPS) is 14.3. The number of esters is 1. The smallest absolute Gasteiger partial charge is 0.331 e. The minimum absolute atomic E-state index is 0.149.